The molecule has 22 heavy (non-hydrogen) atoms. The fourth-order valence-corrected chi connectivity index (χ4v) is 3.16. The molecule has 118 valence electrons. The molecule has 0 spiro atoms. The first-order chi connectivity index (χ1) is 10.5. The SMILES string of the molecule is CNC(C)Cc1noc(C2(c3ccc(Cl)c(Cl)c3)CCC2)n1. The third-order valence-electron chi connectivity index (χ3n) is 4.54. The van der Waals surface area contributed by atoms with Gasteiger partial charge < -0.3 is 9.84 Å². The maximum absolute atomic E-state index is 6.17. The van der Waals surface area contributed by atoms with Gasteiger partial charge in [0.05, 0.1) is 15.5 Å². The molecule has 1 unspecified atom stereocenters. The molecule has 1 aliphatic carbocycles. The molecule has 0 aliphatic heterocycles. The van der Waals surface area contributed by atoms with Crippen molar-refractivity contribution in [3.8, 4) is 0 Å². The molecule has 1 aromatic carbocycles. The Kier molecular flexibility index (Phi) is 4.44. The van der Waals surface area contributed by atoms with E-state index in [-0.39, 0.29) is 5.41 Å². The van der Waals surface area contributed by atoms with E-state index in [4.69, 9.17) is 27.7 Å². The fraction of sp³-hybridized carbons (Fsp3) is 0.500. The zero-order valence-electron chi connectivity index (χ0n) is 12.7. The highest BCUT2D eigenvalue weighted by Gasteiger charge is 2.45. The first-order valence-electron chi connectivity index (χ1n) is 7.51. The molecule has 1 aliphatic rings. The molecule has 2 aromatic rings. The van der Waals surface area contributed by atoms with Crippen LogP contribution in [-0.4, -0.2) is 23.2 Å². The zero-order chi connectivity index (χ0) is 15.7. The second-order valence-electron chi connectivity index (χ2n) is 5.97. The van der Waals surface area contributed by atoms with Gasteiger partial charge in [-0.1, -0.05) is 40.8 Å². The van der Waals surface area contributed by atoms with E-state index in [1.165, 1.54) is 0 Å². The maximum atomic E-state index is 6.17. The molecular formula is C16H19Cl2N3O. The number of likely N-dealkylation sites (N-methyl/N-ethyl adjacent to an activating group) is 1. The number of nitrogens with zero attached hydrogens (tertiary/aromatic N) is 2. The van der Waals surface area contributed by atoms with Crippen molar-refractivity contribution in [2.45, 2.75) is 44.1 Å². The van der Waals surface area contributed by atoms with Crippen molar-refractivity contribution in [3.63, 3.8) is 0 Å². The van der Waals surface area contributed by atoms with E-state index < -0.39 is 0 Å². The summed E-state index contributed by atoms with van der Waals surface area (Å²) in [5, 5.41) is 8.44. The second-order valence-corrected chi connectivity index (χ2v) is 6.79. The monoisotopic (exact) mass is 339 g/mol. The van der Waals surface area contributed by atoms with Gasteiger partial charge in [0.15, 0.2) is 5.82 Å². The van der Waals surface area contributed by atoms with Crippen molar-refractivity contribution < 1.29 is 4.52 Å². The molecule has 0 bridgehead atoms. The van der Waals surface area contributed by atoms with Crippen LogP contribution >= 0.6 is 23.2 Å². The minimum absolute atomic E-state index is 0.206. The van der Waals surface area contributed by atoms with Crippen LogP contribution in [0.15, 0.2) is 22.7 Å². The standard InChI is InChI=1S/C16H19Cl2N3O/c1-10(19-2)8-14-20-15(22-21-14)16(6-3-7-16)11-4-5-12(17)13(18)9-11/h4-5,9-10,19H,3,6-8H2,1-2H3. The van der Waals surface area contributed by atoms with Gasteiger partial charge >= 0.3 is 0 Å². The lowest BCUT2D eigenvalue weighted by Crippen LogP contribution is -2.36. The molecule has 1 fully saturated rings. The van der Waals surface area contributed by atoms with Gasteiger partial charge in [0, 0.05) is 12.5 Å². The molecule has 6 heteroatoms. The fourth-order valence-electron chi connectivity index (χ4n) is 2.86. The smallest absolute Gasteiger partial charge is 0.237 e. The molecule has 0 saturated heterocycles. The van der Waals surface area contributed by atoms with Crippen LogP contribution in [0.25, 0.3) is 0 Å². The zero-order valence-corrected chi connectivity index (χ0v) is 14.2. The third kappa shape index (κ3) is 2.75. The lowest BCUT2D eigenvalue weighted by Gasteiger charge is -2.39. The average molecular weight is 340 g/mol. The van der Waals surface area contributed by atoms with Gasteiger partial charge in [0.1, 0.15) is 0 Å². The number of halogens is 2. The van der Waals surface area contributed by atoms with Crippen molar-refractivity contribution in [2.75, 3.05) is 7.05 Å². The molecule has 1 N–H and O–H groups in total. The second kappa shape index (κ2) is 6.19. The van der Waals surface area contributed by atoms with Crippen molar-refractivity contribution >= 4 is 23.2 Å². The van der Waals surface area contributed by atoms with Crippen LogP contribution in [0, 0.1) is 0 Å². The minimum Gasteiger partial charge on any atom is -0.338 e. The van der Waals surface area contributed by atoms with Crippen molar-refractivity contribution in [2.24, 2.45) is 0 Å². The summed E-state index contributed by atoms with van der Waals surface area (Å²) in [6.07, 6.45) is 3.88. The topological polar surface area (TPSA) is 51.0 Å². The summed E-state index contributed by atoms with van der Waals surface area (Å²) in [5.74, 6) is 1.43. The Morgan fingerprint density at radius 2 is 2.09 bits per heavy atom. The molecule has 4 nitrogen and oxygen atoms in total. The number of aromatic nitrogens is 2. The van der Waals surface area contributed by atoms with E-state index in [2.05, 4.69) is 22.4 Å². The van der Waals surface area contributed by atoms with Gasteiger partial charge in [0.2, 0.25) is 5.89 Å². The minimum atomic E-state index is -0.206. The van der Waals surface area contributed by atoms with Gasteiger partial charge in [-0.2, -0.15) is 4.98 Å². The van der Waals surface area contributed by atoms with Crippen molar-refractivity contribution in [1.29, 1.82) is 0 Å². The first kappa shape index (κ1) is 15.8. The number of rotatable bonds is 5. The predicted molar refractivity (Wildman–Crippen MR) is 87.6 cm³/mol. The van der Waals surface area contributed by atoms with Gasteiger partial charge in [0.25, 0.3) is 0 Å². The molecular weight excluding hydrogens is 321 g/mol. The highest BCUT2D eigenvalue weighted by Crippen LogP contribution is 2.49. The normalized spacial score (nSPS) is 18.0. The van der Waals surface area contributed by atoms with Crippen LogP contribution in [-0.2, 0) is 11.8 Å². The van der Waals surface area contributed by atoms with E-state index in [9.17, 15) is 0 Å². The lowest BCUT2D eigenvalue weighted by atomic mass is 9.64. The molecule has 1 heterocycles. The molecule has 0 amide bonds. The molecule has 1 saturated carbocycles. The molecule has 1 aromatic heterocycles. The highest BCUT2D eigenvalue weighted by atomic mass is 35.5. The van der Waals surface area contributed by atoms with Gasteiger partial charge in [-0.25, -0.2) is 0 Å². The summed E-state index contributed by atoms with van der Waals surface area (Å²) in [4.78, 5) is 4.63. The Hall–Kier alpha value is -1.10. The highest BCUT2D eigenvalue weighted by molar-refractivity contribution is 6.42. The molecule has 3 rings (SSSR count). The summed E-state index contributed by atoms with van der Waals surface area (Å²) in [5.41, 5.74) is 0.896. The van der Waals surface area contributed by atoms with Crippen LogP contribution in [0.1, 0.15) is 43.5 Å². The van der Waals surface area contributed by atoms with Crippen LogP contribution in [0.5, 0.6) is 0 Å². The number of nitrogens with one attached hydrogen (secondary N) is 1. The summed E-state index contributed by atoms with van der Waals surface area (Å²) in [6.45, 7) is 2.09. The van der Waals surface area contributed by atoms with Gasteiger partial charge in [-0.15, -0.1) is 0 Å². The van der Waals surface area contributed by atoms with Crippen molar-refractivity contribution in [3.05, 3.63) is 45.5 Å². The Labute approximate surface area is 140 Å². The summed E-state index contributed by atoms with van der Waals surface area (Å²) in [7, 11) is 1.93. The third-order valence-corrected chi connectivity index (χ3v) is 5.28. The van der Waals surface area contributed by atoms with E-state index in [0.29, 0.717) is 22.0 Å². The molecule has 0 radical (unpaired) electrons. The summed E-state index contributed by atoms with van der Waals surface area (Å²) >= 11 is 12.2. The number of benzene rings is 1. The van der Waals surface area contributed by atoms with E-state index >= 15 is 0 Å². The van der Waals surface area contributed by atoms with Gasteiger partial charge in [-0.05, 0) is 44.5 Å². The Balaban J connectivity index is 1.91. The van der Waals surface area contributed by atoms with Crippen LogP contribution in [0.4, 0.5) is 0 Å². The van der Waals surface area contributed by atoms with Crippen LogP contribution < -0.4 is 5.32 Å². The van der Waals surface area contributed by atoms with Gasteiger partial charge in [-0.3, -0.25) is 0 Å². The van der Waals surface area contributed by atoms with Crippen molar-refractivity contribution in [1.82, 2.24) is 15.5 Å². The summed E-state index contributed by atoms with van der Waals surface area (Å²) in [6, 6.07) is 6.07. The summed E-state index contributed by atoms with van der Waals surface area (Å²) < 4.78 is 5.58. The predicted octanol–water partition coefficient (Wildman–Crippen LogP) is 4.00. The number of hydrogen-bond acceptors (Lipinski definition) is 4. The van der Waals surface area contributed by atoms with E-state index in [1.807, 2.05) is 25.2 Å². The molecule has 1 atom stereocenters. The lowest BCUT2D eigenvalue weighted by molar-refractivity contribution is 0.216. The quantitative estimate of drug-likeness (QED) is 0.894. The largest absolute Gasteiger partial charge is 0.338 e. The average Bonchev–Trinajstić information content (AvgIpc) is 2.90. The van der Waals surface area contributed by atoms with E-state index in [0.717, 1.165) is 37.1 Å². The Morgan fingerprint density at radius 1 is 1.32 bits per heavy atom. The Morgan fingerprint density at radius 3 is 2.68 bits per heavy atom. The Bertz CT molecular complexity index is 667. The van der Waals surface area contributed by atoms with Crippen LogP contribution in [0.3, 0.4) is 0 Å². The van der Waals surface area contributed by atoms with Crippen LogP contribution in [0.2, 0.25) is 10.0 Å². The maximum Gasteiger partial charge on any atom is 0.237 e. The van der Waals surface area contributed by atoms with E-state index in [1.54, 1.807) is 0 Å². The first-order valence-corrected chi connectivity index (χ1v) is 8.26. The number of hydrogen-bond donors (Lipinski definition) is 1.